The van der Waals surface area contributed by atoms with E-state index in [1.165, 1.54) is 5.56 Å². The Morgan fingerprint density at radius 1 is 0.893 bits per heavy atom. The highest BCUT2D eigenvalue weighted by atomic mass is 32.1. The molecule has 28 heavy (non-hydrogen) atoms. The molecule has 0 amide bonds. The molecule has 2 heterocycles. The fourth-order valence-corrected chi connectivity index (χ4v) is 3.47. The second-order valence-corrected chi connectivity index (χ2v) is 7.00. The molecule has 0 aliphatic carbocycles. The van der Waals surface area contributed by atoms with Crippen molar-refractivity contribution in [2.45, 2.75) is 6.54 Å². The fourth-order valence-electron chi connectivity index (χ4n) is 3.28. The summed E-state index contributed by atoms with van der Waals surface area (Å²) in [4.78, 5) is 12.8. The zero-order chi connectivity index (χ0) is 18.9. The number of thiocarbonyl (C=S) groups is 1. The van der Waals surface area contributed by atoms with Crippen molar-refractivity contribution in [1.82, 2.24) is 20.3 Å². The van der Waals surface area contributed by atoms with Gasteiger partial charge < -0.3 is 15.6 Å². The Morgan fingerprint density at radius 3 is 2.46 bits per heavy atom. The van der Waals surface area contributed by atoms with Crippen molar-refractivity contribution in [2.24, 2.45) is 0 Å². The van der Waals surface area contributed by atoms with Crippen LogP contribution in [0.4, 0.5) is 5.69 Å². The van der Waals surface area contributed by atoms with Gasteiger partial charge in [0, 0.05) is 23.1 Å². The molecule has 5 nitrogen and oxygen atoms in total. The van der Waals surface area contributed by atoms with Gasteiger partial charge in [-0.25, -0.2) is 9.97 Å². The quantitative estimate of drug-likeness (QED) is 0.392. The Labute approximate surface area is 166 Å². The van der Waals surface area contributed by atoms with Crippen molar-refractivity contribution in [3.63, 3.8) is 0 Å². The van der Waals surface area contributed by atoms with Gasteiger partial charge in [-0.1, -0.05) is 42.5 Å². The molecule has 0 aliphatic rings. The topological polar surface area (TPSA) is 65.6 Å². The smallest absolute Gasteiger partial charge is 0.171 e. The number of nitrogens with one attached hydrogen (secondary N) is 3. The Balaban J connectivity index is 1.43. The maximum Gasteiger partial charge on any atom is 0.171 e. The lowest BCUT2D eigenvalue weighted by atomic mass is 10.2. The van der Waals surface area contributed by atoms with Crippen molar-refractivity contribution in [1.29, 1.82) is 0 Å². The number of H-pyrrole nitrogens is 1. The van der Waals surface area contributed by atoms with E-state index >= 15 is 0 Å². The summed E-state index contributed by atoms with van der Waals surface area (Å²) in [7, 11) is 0. The van der Waals surface area contributed by atoms with E-state index in [-0.39, 0.29) is 0 Å². The van der Waals surface area contributed by atoms with Crippen LogP contribution in [-0.2, 0) is 6.54 Å². The molecule has 3 N–H and O–H groups in total. The zero-order valence-corrected chi connectivity index (χ0v) is 15.8. The molecule has 5 rings (SSSR count). The maximum atomic E-state index is 5.44. The first-order chi connectivity index (χ1) is 13.8. The highest BCUT2D eigenvalue weighted by Gasteiger charge is 2.10. The van der Waals surface area contributed by atoms with Crippen molar-refractivity contribution in [3.05, 3.63) is 78.4 Å². The van der Waals surface area contributed by atoms with Crippen LogP contribution < -0.4 is 10.6 Å². The number of fused-ring (bicyclic) bond motifs is 4. The molecule has 0 aliphatic heterocycles. The molecule has 136 valence electrons. The van der Waals surface area contributed by atoms with Crippen LogP contribution in [0, 0.1) is 0 Å². The Hall–Kier alpha value is -3.51. The lowest BCUT2D eigenvalue weighted by Crippen LogP contribution is -2.27. The Morgan fingerprint density at radius 2 is 1.64 bits per heavy atom. The van der Waals surface area contributed by atoms with Gasteiger partial charge in [0.2, 0.25) is 0 Å². The molecule has 0 atom stereocenters. The van der Waals surface area contributed by atoms with Crippen molar-refractivity contribution >= 4 is 56.1 Å². The number of para-hydroxylation sites is 2. The van der Waals surface area contributed by atoms with E-state index in [1.807, 2.05) is 60.7 Å². The van der Waals surface area contributed by atoms with E-state index in [2.05, 4.69) is 27.8 Å². The SMILES string of the molecule is S=C(NCc1ccccc1)Nc1ccc2[nH]c3nc4ccccc4nc3c2c1. The molecular weight excluding hydrogens is 366 g/mol. The molecule has 3 aromatic carbocycles. The number of benzene rings is 3. The number of hydrogen-bond acceptors (Lipinski definition) is 3. The van der Waals surface area contributed by atoms with Crippen molar-refractivity contribution in [3.8, 4) is 0 Å². The predicted molar refractivity (Wildman–Crippen MR) is 118 cm³/mol. The van der Waals surface area contributed by atoms with Gasteiger partial charge in [0.1, 0.15) is 5.52 Å². The average molecular weight is 383 g/mol. The molecule has 0 bridgehead atoms. The molecule has 0 spiro atoms. The molecular formula is C22H17N5S. The third-order valence-electron chi connectivity index (χ3n) is 4.65. The molecule has 0 radical (unpaired) electrons. The van der Waals surface area contributed by atoms with E-state index in [0.717, 1.165) is 38.8 Å². The number of nitrogens with zero attached hydrogens (tertiary/aromatic N) is 2. The van der Waals surface area contributed by atoms with Gasteiger partial charge in [-0.15, -0.1) is 0 Å². The molecule has 0 fully saturated rings. The summed E-state index contributed by atoms with van der Waals surface area (Å²) in [6.45, 7) is 0.680. The van der Waals surface area contributed by atoms with Gasteiger partial charge in [0.15, 0.2) is 10.8 Å². The molecule has 2 aromatic heterocycles. The summed E-state index contributed by atoms with van der Waals surface area (Å²) in [5.74, 6) is 0. The van der Waals surface area contributed by atoms with Gasteiger partial charge in [-0.3, -0.25) is 0 Å². The normalized spacial score (nSPS) is 11.1. The van der Waals surface area contributed by atoms with Gasteiger partial charge in [0.25, 0.3) is 0 Å². The van der Waals surface area contributed by atoms with Gasteiger partial charge in [-0.2, -0.15) is 0 Å². The van der Waals surface area contributed by atoms with Crippen LogP contribution in [0.2, 0.25) is 0 Å². The predicted octanol–water partition coefficient (Wildman–Crippen LogP) is 4.75. The average Bonchev–Trinajstić information content (AvgIpc) is 3.08. The van der Waals surface area contributed by atoms with Crippen LogP contribution in [0.3, 0.4) is 0 Å². The summed E-state index contributed by atoms with van der Waals surface area (Å²) in [6, 6.07) is 24.1. The van der Waals surface area contributed by atoms with Crippen molar-refractivity contribution < 1.29 is 0 Å². The van der Waals surface area contributed by atoms with Crippen LogP contribution in [0.1, 0.15) is 5.56 Å². The number of rotatable bonds is 3. The minimum absolute atomic E-state index is 0.583. The third-order valence-corrected chi connectivity index (χ3v) is 4.90. The van der Waals surface area contributed by atoms with E-state index < -0.39 is 0 Å². The third kappa shape index (κ3) is 3.14. The fraction of sp³-hybridized carbons (Fsp3) is 0.0455. The van der Waals surface area contributed by atoms with Crippen LogP contribution in [0.25, 0.3) is 33.1 Å². The molecule has 0 saturated heterocycles. The summed E-state index contributed by atoms with van der Waals surface area (Å²) < 4.78 is 0. The lowest BCUT2D eigenvalue weighted by Gasteiger charge is -2.10. The van der Waals surface area contributed by atoms with Gasteiger partial charge in [-0.05, 0) is 48.1 Å². The molecule has 5 aromatic rings. The first-order valence-corrected chi connectivity index (χ1v) is 9.44. The van der Waals surface area contributed by atoms with E-state index in [4.69, 9.17) is 22.2 Å². The first-order valence-electron chi connectivity index (χ1n) is 9.03. The van der Waals surface area contributed by atoms with Crippen LogP contribution in [-0.4, -0.2) is 20.1 Å². The first kappa shape index (κ1) is 16.6. The van der Waals surface area contributed by atoms with E-state index in [0.29, 0.717) is 11.7 Å². The standard InChI is InChI=1S/C22H17N5S/c28-22(23-13-14-6-2-1-3-7-14)24-15-10-11-17-16(12-15)20-21(26-17)27-19-9-5-4-8-18(19)25-20/h1-12H,13H2,(H,26,27)(H2,23,24,28). The van der Waals surface area contributed by atoms with E-state index in [9.17, 15) is 0 Å². The highest BCUT2D eigenvalue weighted by Crippen LogP contribution is 2.27. The number of aromatic amines is 1. The van der Waals surface area contributed by atoms with Crippen LogP contribution in [0.15, 0.2) is 72.8 Å². The van der Waals surface area contributed by atoms with Crippen LogP contribution >= 0.6 is 12.2 Å². The van der Waals surface area contributed by atoms with Gasteiger partial charge >= 0.3 is 0 Å². The zero-order valence-electron chi connectivity index (χ0n) is 14.9. The van der Waals surface area contributed by atoms with Crippen LogP contribution in [0.5, 0.6) is 0 Å². The van der Waals surface area contributed by atoms with Crippen molar-refractivity contribution in [2.75, 3.05) is 5.32 Å². The van der Waals surface area contributed by atoms with E-state index in [1.54, 1.807) is 0 Å². The Kier molecular flexibility index (Phi) is 4.10. The molecule has 6 heteroatoms. The summed E-state index contributed by atoms with van der Waals surface area (Å²) >= 11 is 5.44. The summed E-state index contributed by atoms with van der Waals surface area (Å²) in [6.07, 6.45) is 0. The minimum Gasteiger partial charge on any atom is -0.358 e. The molecule has 0 saturated carbocycles. The monoisotopic (exact) mass is 383 g/mol. The summed E-state index contributed by atoms with van der Waals surface area (Å²) in [5, 5.41) is 8.09. The number of hydrogen-bond donors (Lipinski definition) is 3. The minimum atomic E-state index is 0.583. The second-order valence-electron chi connectivity index (χ2n) is 6.59. The lowest BCUT2D eigenvalue weighted by molar-refractivity contribution is 0.926. The number of anilines is 1. The Bertz CT molecular complexity index is 1310. The largest absolute Gasteiger partial charge is 0.358 e. The highest BCUT2D eigenvalue weighted by molar-refractivity contribution is 7.80. The summed E-state index contributed by atoms with van der Waals surface area (Å²) in [5.41, 5.74) is 6.51. The van der Waals surface area contributed by atoms with Gasteiger partial charge in [0.05, 0.1) is 11.0 Å². The maximum absolute atomic E-state index is 5.44. The molecule has 0 unspecified atom stereocenters. The second kappa shape index (κ2) is 6.90. The number of aromatic nitrogens is 3.